The number of nitrogens with one attached hydrogen (secondary N) is 1. The van der Waals surface area contributed by atoms with E-state index < -0.39 is 0 Å². The molecule has 1 N–H and O–H groups in total. The predicted molar refractivity (Wildman–Crippen MR) is 92.2 cm³/mol. The fourth-order valence-corrected chi connectivity index (χ4v) is 2.46. The minimum atomic E-state index is 0.617. The van der Waals surface area contributed by atoms with Crippen molar-refractivity contribution in [3.63, 3.8) is 0 Å². The van der Waals surface area contributed by atoms with Gasteiger partial charge in [-0.15, -0.1) is 0 Å². The van der Waals surface area contributed by atoms with Crippen molar-refractivity contribution in [2.45, 2.75) is 20.4 Å². The largest absolute Gasteiger partial charge is 0.457 e. The lowest BCUT2D eigenvalue weighted by Gasteiger charge is -2.13. The molecule has 2 rings (SSSR count). The molecule has 21 heavy (non-hydrogen) atoms. The Hall–Kier alpha value is -1.03. The molecule has 0 amide bonds. The average molecular weight is 369 g/mol. The molecule has 0 heterocycles. The van der Waals surface area contributed by atoms with Crippen LogP contribution in [-0.2, 0) is 6.54 Å². The first kappa shape index (κ1) is 16.3. The quantitative estimate of drug-likeness (QED) is 0.712. The molecule has 0 bridgehead atoms. The van der Waals surface area contributed by atoms with Crippen molar-refractivity contribution in [3.05, 3.63) is 57.5 Å². The molecule has 0 unspecified atom stereocenters. The van der Waals surface area contributed by atoms with E-state index in [0.717, 1.165) is 34.6 Å². The van der Waals surface area contributed by atoms with Crippen LogP contribution in [0.5, 0.6) is 11.5 Å². The van der Waals surface area contributed by atoms with Gasteiger partial charge in [0.2, 0.25) is 0 Å². The fraction of sp³-hybridized carbons (Fsp3) is 0.294. The third kappa shape index (κ3) is 5.34. The summed E-state index contributed by atoms with van der Waals surface area (Å²) in [6.45, 7) is 6.11. The molecule has 0 atom stereocenters. The van der Waals surface area contributed by atoms with Crippen LogP contribution in [0.3, 0.4) is 0 Å². The van der Waals surface area contributed by atoms with Crippen LogP contribution in [0, 0.1) is 5.92 Å². The van der Waals surface area contributed by atoms with Gasteiger partial charge in [-0.3, -0.25) is 0 Å². The van der Waals surface area contributed by atoms with Crippen LogP contribution in [0.15, 0.2) is 46.9 Å². The third-order valence-corrected chi connectivity index (χ3v) is 3.65. The zero-order chi connectivity index (χ0) is 15.2. The number of hydrogen-bond donors (Lipinski definition) is 1. The van der Waals surface area contributed by atoms with E-state index in [2.05, 4.69) is 35.1 Å². The number of halogens is 2. The number of benzene rings is 2. The molecule has 112 valence electrons. The highest BCUT2D eigenvalue weighted by atomic mass is 79.9. The first-order chi connectivity index (χ1) is 10.0. The molecule has 0 aliphatic carbocycles. The van der Waals surface area contributed by atoms with E-state index in [9.17, 15) is 0 Å². The predicted octanol–water partition coefficient (Wildman–Crippen LogP) is 5.64. The first-order valence-corrected chi connectivity index (χ1v) is 8.14. The first-order valence-electron chi connectivity index (χ1n) is 6.97. The smallest absolute Gasteiger partial charge is 0.133 e. The minimum absolute atomic E-state index is 0.617. The molecule has 2 nitrogen and oxygen atoms in total. The molecule has 0 saturated heterocycles. The highest BCUT2D eigenvalue weighted by Gasteiger charge is 2.07. The van der Waals surface area contributed by atoms with E-state index in [0.29, 0.717) is 10.9 Å². The van der Waals surface area contributed by atoms with E-state index in [1.165, 1.54) is 0 Å². The van der Waals surface area contributed by atoms with Gasteiger partial charge < -0.3 is 10.1 Å². The van der Waals surface area contributed by atoms with E-state index in [4.69, 9.17) is 16.3 Å². The Bertz CT molecular complexity index is 601. The van der Waals surface area contributed by atoms with Crippen molar-refractivity contribution >= 4 is 27.5 Å². The molecule has 0 saturated carbocycles. The molecule has 2 aromatic rings. The van der Waals surface area contributed by atoms with Gasteiger partial charge in [-0.1, -0.05) is 53.5 Å². The van der Waals surface area contributed by atoms with Gasteiger partial charge in [-0.05, 0) is 42.8 Å². The van der Waals surface area contributed by atoms with Gasteiger partial charge in [-0.25, -0.2) is 0 Å². The van der Waals surface area contributed by atoms with Crippen molar-refractivity contribution in [1.29, 1.82) is 0 Å². The van der Waals surface area contributed by atoms with Gasteiger partial charge in [0, 0.05) is 21.6 Å². The third-order valence-electron chi connectivity index (χ3n) is 2.92. The van der Waals surface area contributed by atoms with Gasteiger partial charge >= 0.3 is 0 Å². The Kier molecular flexibility index (Phi) is 6.09. The second-order valence-corrected chi connectivity index (χ2v) is 6.69. The van der Waals surface area contributed by atoms with Crippen molar-refractivity contribution < 1.29 is 4.74 Å². The number of ether oxygens (including phenoxy) is 1. The normalized spacial score (nSPS) is 10.9. The van der Waals surface area contributed by atoms with E-state index in [1.54, 1.807) is 0 Å². The monoisotopic (exact) mass is 367 g/mol. The number of rotatable bonds is 6. The zero-order valence-corrected chi connectivity index (χ0v) is 14.5. The molecule has 0 aliphatic rings. The summed E-state index contributed by atoms with van der Waals surface area (Å²) in [7, 11) is 0. The summed E-state index contributed by atoms with van der Waals surface area (Å²) >= 11 is 9.54. The van der Waals surface area contributed by atoms with Gasteiger partial charge in [0.25, 0.3) is 0 Å². The van der Waals surface area contributed by atoms with Crippen molar-refractivity contribution in [2.75, 3.05) is 6.54 Å². The van der Waals surface area contributed by atoms with Crippen LogP contribution in [0.4, 0.5) is 0 Å². The Morgan fingerprint density at radius 2 is 2.00 bits per heavy atom. The van der Waals surface area contributed by atoms with E-state index in [-0.39, 0.29) is 0 Å². The van der Waals surface area contributed by atoms with Crippen molar-refractivity contribution in [3.8, 4) is 11.5 Å². The lowest BCUT2D eigenvalue weighted by molar-refractivity contribution is 0.469. The summed E-state index contributed by atoms with van der Waals surface area (Å²) in [5, 5.41) is 4.10. The van der Waals surface area contributed by atoms with Crippen molar-refractivity contribution in [1.82, 2.24) is 5.32 Å². The van der Waals surface area contributed by atoms with Crippen LogP contribution in [-0.4, -0.2) is 6.54 Å². The maximum absolute atomic E-state index is 6.09. The Morgan fingerprint density at radius 1 is 1.19 bits per heavy atom. The summed E-state index contributed by atoms with van der Waals surface area (Å²) in [6, 6.07) is 13.5. The molecular formula is C17H19BrClNO. The zero-order valence-electron chi connectivity index (χ0n) is 12.2. The lowest BCUT2D eigenvalue weighted by atomic mass is 10.1. The summed E-state index contributed by atoms with van der Waals surface area (Å²) < 4.78 is 6.96. The molecule has 0 radical (unpaired) electrons. The van der Waals surface area contributed by atoms with Gasteiger partial charge in [-0.2, -0.15) is 0 Å². The van der Waals surface area contributed by atoms with Gasteiger partial charge in [0.05, 0.1) is 0 Å². The molecular weight excluding hydrogens is 350 g/mol. The topological polar surface area (TPSA) is 21.3 Å². The summed E-state index contributed by atoms with van der Waals surface area (Å²) in [5.74, 6) is 2.19. The maximum atomic E-state index is 6.09. The van der Waals surface area contributed by atoms with Gasteiger partial charge in [0.15, 0.2) is 0 Å². The van der Waals surface area contributed by atoms with Crippen LogP contribution < -0.4 is 10.1 Å². The van der Waals surface area contributed by atoms with Crippen LogP contribution in [0.2, 0.25) is 5.02 Å². The summed E-state index contributed by atoms with van der Waals surface area (Å²) in [4.78, 5) is 0. The Labute approximate surface area is 139 Å². The van der Waals surface area contributed by atoms with E-state index >= 15 is 0 Å². The minimum Gasteiger partial charge on any atom is -0.457 e. The second kappa shape index (κ2) is 7.83. The van der Waals surface area contributed by atoms with Gasteiger partial charge in [0.1, 0.15) is 11.5 Å². The molecule has 0 aliphatic heterocycles. The Morgan fingerprint density at radius 3 is 2.71 bits per heavy atom. The van der Waals surface area contributed by atoms with Crippen LogP contribution >= 0.6 is 27.5 Å². The van der Waals surface area contributed by atoms with Crippen LogP contribution in [0.1, 0.15) is 19.4 Å². The highest BCUT2D eigenvalue weighted by Crippen LogP contribution is 2.29. The molecule has 0 spiro atoms. The lowest BCUT2D eigenvalue weighted by Crippen LogP contribution is -2.19. The van der Waals surface area contributed by atoms with E-state index in [1.807, 2.05) is 42.5 Å². The second-order valence-electron chi connectivity index (χ2n) is 5.34. The standard InChI is InChI=1S/C17H19BrClNO/c1-12(2)10-20-11-13-6-7-15(19)9-17(13)21-16-5-3-4-14(18)8-16/h3-9,12,20H,10-11H2,1-2H3. The highest BCUT2D eigenvalue weighted by molar-refractivity contribution is 9.10. The average Bonchev–Trinajstić information content (AvgIpc) is 2.41. The molecule has 0 aromatic heterocycles. The molecule has 2 aromatic carbocycles. The molecule has 4 heteroatoms. The van der Waals surface area contributed by atoms with Crippen molar-refractivity contribution in [2.24, 2.45) is 5.92 Å². The maximum Gasteiger partial charge on any atom is 0.133 e. The molecule has 0 fully saturated rings. The fourth-order valence-electron chi connectivity index (χ4n) is 1.92. The summed E-state index contributed by atoms with van der Waals surface area (Å²) in [5.41, 5.74) is 1.10. The Balaban J connectivity index is 2.15. The van der Waals surface area contributed by atoms with Crippen LogP contribution in [0.25, 0.3) is 0 Å². The summed E-state index contributed by atoms with van der Waals surface area (Å²) in [6.07, 6.45) is 0. The number of hydrogen-bond acceptors (Lipinski definition) is 2. The SMILES string of the molecule is CC(C)CNCc1ccc(Cl)cc1Oc1cccc(Br)c1.